The lowest BCUT2D eigenvalue weighted by atomic mass is 10.4. The highest BCUT2D eigenvalue weighted by Crippen LogP contribution is 1.89. The van der Waals surface area contributed by atoms with Crippen LogP contribution in [-0.4, -0.2) is 12.9 Å². The van der Waals surface area contributed by atoms with Crippen LogP contribution in [0.1, 0.15) is 6.92 Å². The molecule has 1 N–H and O–H groups in total. The SMILES string of the molecule is C=N/C(C=N)=C\C=C/C. The molecule has 0 heterocycles. The van der Waals surface area contributed by atoms with Gasteiger partial charge in [-0.05, 0) is 19.7 Å². The number of hydrogen-bond donors (Lipinski definition) is 1. The first kappa shape index (κ1) is 7.82. The molecule has 0 radical (unpaired) electrons. The Morgan fingerprint density at radius 2 is 2.33 bits per heavy atom. The van der Waals surface area contributed by atoms with Crippen molar-refractivity contribution in [3.63, 3.8) is 0 Å². The van der Waals surface area contributed by atoms with Crippen LogP contribution >= 0.6 is 0 Å². The van der Waals surface area contributed by atoms with Gasteiger partial charge < -0.3 is 5.41 Å². The van der Waals surface area contributed by atoms with Gasteiger partial charge in [-0.25, -0.2) is 0 Å². The zero-order valence-electron chi connectivity index (χ0n) is 5.46. The Hall–Kier alpha value is -1.18. The van der Waals surface area contributed by atoms with E-state index in [4.69, 9.17) is 5.41 Å². The van der Waals surface area contributed by atoms with E-state index >= 15 is 0 Å². The number of hydrogen-bond acceptors (Lipinski definition) is 2. The first-order chi connectivity index (χ1) is 4.35. The Bertz CT molecular complexity index is 144. The fourth-order valence-electron chi connectivity index (χ4n) is 0.341. The van der Waals surface area contributed by atoms with Crippen molar-refractivity contribution < 1.29 is 0 Å². The third kappa shape index (κ3) is 3.41. The Morgan fingerprint density at radius 1 is 1.67 bits per heavy atom. The van der Waals surface area contributed by atoms with Crippen LogP contribution in [0.25, 0.3) is 0 Å². The van der Waals surface area contributed by atoms with E-state index < -0.39 is 0 Å². The van der Waals surface area contributed by atoms with Crippen LogP contribution in [0.4, 0.5) is 0 Å². The summed E-state index contributed by atoms with van der Waals surface area (Å²) >= 11 is 0. The topological polar surface area (TPSA) is 36.2 Å². The third-order valence-electron chi connectivity index (χ3n) is 0.790. The van der Waals surface area contributed by atoms with Crippen molar-refractivity contribution in [3.05, 3.63) is 23.9 Å². The van der Waals surface area contributed by atoms with Crippen molar-refractivity contribution in [2.45, 2.75) is 6.92 Å². The highest BCUT2D eigenvalue weighted by molar-refractivity contribution is 5.76. The molecular formula is C7H10N2. The van der Waals surface area contributed by atoms with Crippen molar-refractivity contribution in [1.29, 1.82) is 5.41 Å². The summed E-state index contributed by atoms with van der Waals surface area (Å²) in [5.74, 6) is 0. The van der Waals surface area contributed by atoms with Gasteiger partial charge in [0.15, 0.2) is 0 Å². The Labute approximate surface area is 55.1 Å². The standard InChI is InChI=1S/C7H10N2/c1-3-4-5-7(6-8)9-2/h3-6,8H,2H2,1H3/b4-3-,7-5-,8-6?. The Kier molecular flexibility index (Phi) is 4.32. The average molecular weight is 122 g/mol. The van der Waals surface area contributed by atoms with Crippen molar-refractivity contribution in [1.82, 2.24) is 0 Å². The second-order valence-electron chi connectivity index (χ2n) is 1.42. The summed E-state index contributed by atoms with van der Waals surface area (Å²) in [6.45, 7) is 5.19. The number of nitrogens with zero attached hydrogens (tertiary/aromatic N) is 1. The van der Waals surface area contributed by atoms with Gasteiger partial charge in [0.05, 0.1) is 5.70 Å². The predicted octanol–water partition coefficient (Wildman–Crippen LogP) is 1.80. The normalized spacial score (nSPS) is 11.9. The second-order valence-corrected chi connectivity index (χ2v) is 1.42. The molecule has 0 aromatic heterocycles. The highest BCUT2D eigenvalue weighted by atomic mass is 14.7. The van der Waals surface area contributed by atoms with E-state index in [1.807, 2.05) is 19.1 Å². The summed E-state index contributed by atoms with van der Waals surface area (Å²) in [4.78, 5) is 3.56. The van der Waals surface area contributed by atoms with Gasteiger partial charge in [0.1, 0.15) is 0 Å². The van der Waals surface area contributed by atoms with Crippen molar-refractivity contribution in [2.24, 2.45) is 4.99 Å². The minimum absolute atomic E-state index is 0.577. The van der Waals surface area contributed by atoms with Crippen LogP contribution in [0.15, 0.2) is 28.9 Å². The van der Waals surface area contributed by atoms with Crippen molar-refractivity contribution in [3.8, 4) is 0 Å². The summed E-state index contributed by atoms with van der Waals surface area (Å²) in [5, 5.41) is 6.78. The fraction of sp³-hybridized carbons (Fsp3) is 0.143. The molecule has 0 aromatic carbocycles. The zero-order valence-corrected chi connectivity index (χ0v) is 5.46. The molecule has 2 heteroatoms. The fourth-order valence-corrected chi connectivity index (χ4v) is 0.341. The van der Waals surface area contributed by atoms with Gasteiger partial charge in [0.2, 0.25) is 0 Å². The summed E-state index contributed by atoms with van der Waals surface area (Å²) in [5.41, 5.74) is 0.577. The smallest absolute Gasteiger partial charge is 0.0797 e. The van der Waals surface area contributed by atoms with Crippen LogP contribution in [-0.2, 0) is 0 Å². The molecule has 0 aliphatic carbocycles. The number of allylic oxidation sites excluding steroid dienone is 4. The molecule has 0 rings (SSSR count). The molecule has 0 fully saturated rings. The van der Waals surface area contributed by atoms with Crippen LogP contribution < -0.4 is 0 Å². The molecule has 0 atom stereocenters. The summed E-state index contributed by atoms with van der Waals surface area (Å²) in [7, 11) is 0. The molecule has 0 aliphatic heterocycles. The molecule has 0 aromatic rings. The van der Waals surface area contributed by atoms with Crippen LogP contribution in [0, 0.1) is 5.41 Å². The lowest BCUT2D eigenvalue weighted by Gasteiger charge is -1.82. The van der Waals surface area contributed by atoms with Crippen LogP contribution in [0.5, 0.6) is 0 Å². The van der Waals surface area contributed by atoms with Crippen LogP contribution in [0.2, 0.25) is 0 Å². The lowest BCUT2D eigenvalue weighted by Crippen LogP contribution is -1.73. The first-order valence-corrected chi connectivity index (χ1v) is 2.65. The van der Waals surface area contributed by atoms with Crippen LogP contribution in [0.3, 0.4) is 0 Å². The van der Waals surface area contributed by atoms with Gasteiger partial charge in [-0.3, -0.25) is 4.99 Å². The minimum atomic E-state index is 0.577. The predicted molar refractivity (Wildman–Crippen MR) is 41.2 cm³/mol. The molecule has 0 saturated heterocycles. The summed E-state index contributed by atoms with van der Waals surface area (Å²) in [6.07, 6.45) is 6.57. The van der Waals surface area contributed by atoms with E-state index in [1.54, 1.807) is 6.08 Å². The first-order valence-electron chi connectivity index (χ1n) is 2.65. The van der Waals surface area contributed by atoms with E-state index in [9.17, 15) is 0 Å². The Balaban J connectivity index is 4.06. The lowest BCUT2D eigenvalue weighted by molar-refractivity contribution is 1.45. The molecule has 0 aliphatic rings. The molecule has 0 amide bonds. The van der Waals surface area contributed by atoms with Crippen molar-refractivity contribution >= 4 is 12.9 Å². The maximum absolute atomic E-state index is 6.78. The third-order valence-corrected chi connectivity index (χ3v) is 0.790. The largest absolute Gasteiger partial charge is 0.307 e. The van der Waals surface area contributed by atoms with Gasteiger partial charge in [0.25, 0.3) is 0 Å². The molecule has 2 nitrogen and oxygen atoms in total. The van der Waals surface area contributed by atoms with Crippen molar-refractivity contribution in [2.75, 3.05) is 0 Å². The van der Waals surface area contributed by atoms with Gasteiger partial charge in [-0.2, -0.15) is 0 Å². The number of nitrogens with one attached hydrogen (secondary N) is 1. The number of rotatable bonds is 3. The monoisotopic (exact) mass is 122 g/mol. The maximum Gasteiger partial charge on any atom is 0.0797 e. The highest BCUT2D eigenvalue weighted by Gasteiger charge is 1.77. The van der Waals surface area contributed by atoms with E-state index in [2.05, 4.69) is 11.7 Å². The van der Waals surface area contributed by atoms with E-state index in [-0.39, 0.29) is 0 Å². The second kappa shape index (κ2) is 4.97. The maximum atomic E-state index is 6.78. The van der Waals surface area contributed by atoms with Gasteiger partial charge in [-0.1, -0.05) is 12.2 Å². The Morgan fingerprint density at radius 3 is 2.67 bits per heavy atom. The minimum Gasteiger partial charge on any atom is -0.307 e. The average Bonchev–Trinajstić information content (AvgIpc) is 1.91. The van der Waals surface area contributed by atoms with Gasteiger partial charge in [-0.15, -0.1) is 0 Å². The van der Waals surface area contributed by atoms with E-state index in [0.29, 0.717) is 5.70 Å². The molecule has 0 unspecified atom stereocenters. The van der Waals surface area contributed by atoms with Gasteiger partial charge >= 0.3 is 0 Å². The number of aliphatic imine (C=N–C) groups is 1. The zero-order chi connectivity index (χ0) is 7.11. The van der Waals surface area contributed by atoms with E-state index in [0.717, 1.165) is 6.21 Å². The van der Waals surface area contributed by atoms with Gasteiger partial charge in [0, 0.05) is 6.21 Å². The molecule has 0 bridgehead atoms. The molecule has 9 heavy (non-hydrogen) atoms. The molecule has 48 valence electrons. The molecule has 0 saturated carbocycles. The van der Waals surface area contributed by atoms with E-state index in [1.165, 1.54) is 0 Å². The quantitative estimate of drug-likeness (QED) is 0.437. The molecular weight excluding hydrogens is 112 g/mol. The summed E-state index contributed by atoms with van der Waals surface area (Å²) < 4.78 is 0. The molecule has 0 spiro atoms. The summed E-state index contributed by atoms with van der Waals surface area (Å²) in [6, 6.07) is 0.